The highest BCUT2D eigenvalue weighted by molar-refractivity contribution is 5.99. The first-order valence-electron chi connectivity index (χ1n) is 11.2. The molecule has 164 valence electrons. The molecule has 2 aliphatic heterocycles. The van der Waals surface area contributed by atoms with Gasteiger partial charge < -0.3 is 20.2 Å². The maximum absolute atomic E-state index is 13.1. The van der Waals surface area contributed by atoms with Crippen LogP contribution in [-0.2, 0) is 6.54 Å². The lowest BCUT2D eigenvalue weighted by Crippen LogP contribution is -2.38. The number of nitrogens with zero attached hydrogens (tertiary/aromatic N) is 2. The third-order valence-electron chi connectivity index (χ3n) is 6.39. The zero-order valence-corrected chi connectivity index (χ0v) is 18.1. The molecule has 0 spiro atoms. The molecule has 0 aliphatic carbocycles. The van der Waals surface area contributed by atoms with Crippen LogP contribution in [-0.4, -0.2) is 66.1 Å². The minimum atomic E-state index is -0.450. The third kappa shape index (κ3) is 4.97. The summed E-state index contributed by atoms with van der Waals surface area (Å²) in [5.41, 5.74) is 3.70. The summed E-state index contributed by atoms with van der Waals surface area (Å²) in [6, 6.07) is 15.7. The molecule has 2 amide bonds. The average Bonchev–Trinajstić information content (AvgIpc) is 3.25. The molecule has 31 heavy (non-hydrogen) atoms. The van der Waals surface area contributed by atoms with Crippen LogP contribution in [0.4, 0.5) is 0 Å². The van der Waals surface area contributed by atoms with E-state index >= 15 is 0 Å². The Bertz CT molecular complexity index is 937. The van der Waals surface area contributed by atoms with Crippen LogP contribution in [0.5, 0.6) is 0 Å². The molecule has 0 bridgehead atoms. The Morgan fingerprint density at radius 1 is 0.935 bits per heavy atom. The number of rotatable bonds is 5. The van der Waals surface area contributed by atoms with Crippen molar-refractivity contribution in [2.75, 3.05) is 33.2 Å². The number of aliphatic hydroxyl groups is 1. The van der Waals surface area contributed by atoms with E-state index in [0.717, 1.165) is 32.5 Å². The number of β-amino-alcohol motifs (C(OH)–C–C–N with tert-alkyl or cyclic N) is 1. The highest BCUT2D eigenvalue weighted by Crippen LogP contribution is 2.29. The highest BCUT2D eigenvalue weighted by Gasteiger charge is 2.27. The van der Waals surface area contributed by atoms with E-state index in [4.69, 9.17) is 0 Å². The molecule has 0 radical (unpaired) electrons. The number of benzene rings is 2. The molecule has 2 aliphatic rings. The topological polar surface area (TPSA) is 72.9 Å². The standard InChI is InChI=1S/C25H31N3O3/c1-26-16-18-4-2-5-20(14-18)19-8-11-27(12-9-19)24(30)21-6-3-7-22(15-21)25(31)28-13-10-23(29)17-28/h2-7,14-15,19,23,26,29H,8-13,16-17H2,1H3/t23-/m1/s1. The SMILES string of the molecule is CNCc1cccc(C2CCN(C(=O)c3cccc(C(=O)N4CC[C@@H](O)C4)c3)CC2)c1. The first-order valence-corrected chi connectivity index (χ1v) is 11.2. The van der Waals surface area contributed by atoms with E-state index in [-0.39, 0.29) is 11.8 Å². The molecule has 2 aromatic rings. The number of aliphatic hydroxyl groups excluding tert-OH is 1. The van der Waals surface area contributed by atoms with Gasteiger partial charge in [-0.25, -0.2) is 0 Å². The number of carbonyl (C=O) groups is 2. The Balaban J connectivity index is 1.39. The van der Waals surface area contributed by atoms with Crippen molar-refractivity contribution in [1.29, 1.82) is 0 Å². The minimum Gasteiger partial charge on any atom is -0.391 e. The molecule has 2 aromatic carbocycles. The summed E-state index contributed by atoms with van der Waals surface area (Å²) < 4.78 is 0. The largest absolute Gasteiger partial charge is 0.391 e. The van der Waals surface area contributed by atoms with Crippen LogP contribution in [0.3, 0.4) is 0 Å². The molecule has 2 fully saturated rings. The lowest BCUT2D eigenvalue weighted by atomic mass is 9.88. The van der Waals surface area contributed by atoms with Crippen LogP contribution >= 0.6 is 0 Å². The number of nitrogens with one attached hydrogen (secondary N) is 1. The summed E-state index contributed by atoms with van der Waals surface area (Å²) in [6.07, 6.45) is 2.05. The Labute approximate surface area is 183 Å². The lowest BCUT2D eigenvalue weighted by Gasteiger charge is -2.32. The Kier molecular flexibility index (Phi) is 6.68. The van der Waals surface area contributed by atoms with Gasteiger partial charge in [-0.05, 0) is 61.6 Å². The summed E-state index contributed by atoms with van der Waals surface area (Å²) in [7, 11) is 1.95. The summed E-state index contributed by atoms with van der Waals surface area (Å²) >= 11 is 0. The number of amides is 2. The van der Waals surface area contributed by atoms with Crippen molar-refractivity contribution >= 4 is 11.8 Å². The van der Waals surface area contributed by atoms with Gasteiger partial charge >= 0.3 is 0 Å². The molecule has 0 saturated carbocycles. The van der Waals surface area contributed by atoms with Crippen LogP contribution < -0.4 is 5.32 Å². The maximum Gasteiger partial charge on any atom is 0.253 e. The second-order valence-corrected chi connectivity index (χ2v) is 8.62. The van der Waals surface area contributed by atoms with E-state index in [0.29, 0.717) is 36.6 Å². The normalized spacial score (nSPS) is 19.6. The number of likely N-dealkylation sites (tertiary alicyclic amines) is 2. The van der Waals surface area contributed by atoms with Crippen molar-refractivity contribution < 1.29 is 14.7 Å². The molecule has 6 nitrogen and oxygen atoms in total. The van der Waals surface area contributed by atoms with Gasteiger partial charge in [0.15, 0.2) is 0 Å². The number of hydrogen-bond acceptors (Lipinski definition) is 4. The second-order valence-electron chi connectivity index (χ2n) is 8.62. The molecular formula is C25H31N3O3. The minimum absolute atomic E-state index is 0.0153. The molecule has 0 aromatic heterocycles. The summed E-state index contributed by atoms with van der Waals surface area (Å²) in [5.74, 6) is 0.334. The van der Waals surface area contributed by atoms with Gasteiger partial charge in [-0.15, -0.1) is 0 Å². The zero-order valence-electron chi connectivity index (χ0n) is 18.1. The van der Waals surface area contributed by atoms with Crippen LogP contribution in [0.2, 0.25) is 0 Å². The highest BCUT2D eigenvalue weighted by atomic mass is 16.3. The van der Waals surface area contributed by atoms with Crippen LogP contribution in [0, 0.1) is 0 Å². The summed E-state index contributed by atoms with van der Waals surface area (Å²) in [4.78, 5) is 29.3. The van der Waals surface area contributed by atoms with Crippen molar-refractivity contribution in [2.45, 2.75) is 37.8 Å². The van der Waals surface area contributed by atoms with Gasteiger partial charge in [-0.1, -0.05) is 30.3 Å². The van der Waals surface area contributed by atoms with Gasteiger partial charge in [0.1, 0.15) is 0 Å². The van der Waals surface area contributed by atoms with Gasteiger partial charge in [0.2, 0.25) is 0 Å². The molecule has 2 heterocycles. The Hall–Kier alpha value is -2.70. The van der Waals surface area contributed by atoms with Crippen molar-refractivity contribution in [3.8, 4) is 0 Å². The maximum atomic E-state index is 13.1. The number of piperidine rings is 1. The molecule has 1 atom stereocenters. The average molecular weight is 422 g/mol. The van der Waals surface area contributed by atoms with Crippen molar-refractivity contribution in [3.05, 3.63) is 70.8 Å². The monoisotopic (exact) mass is 421 g/mol. The van der Waals surface area contributed by atoms with Crippen LogP contribution in [0.15, 0.2) is 48.5 Å². The smallest absolute Gasteiger partial charge is 0.253 e. The van der Waals surface area contributed by atoms with E-state index in [9.17, 15) is 14.7 Å². The van der Waals surface area contributed by atoms with Gasteiger partial charge in [0.25, 0.3) is 11.8 Å². The molecule has 2 saturated heterocycles. The van der Waals surface area contributed by atoms with E-state index in [1.807, 2.05) is 11.9 Å². The van der Waals surface area contributed by atoms with Gasteiger partial charge in [0.05, 0.1) is 6.10 Å². The molecule has 2 N–H and O–H groups in total. The predicted molar refractivity (Wildman–Crippen MR) is 120 cm³/mol. The quantitative estimate of drug-likeness (QED) is 0.779. The lowest BCUT2D eigenvalue weighted by molar-refractivity contribution is 0.0713. The fraction of sp³-hybridized carbons (Fsp3) is 0.440. The van der Waals surface area contributed by atoms with Crippen LogP contribution in [0.1, 0.15) is 57.0 Å². The van der Waals surface area contributed by atoms with Crippen molar-refractivity contribution in [1.82, 2.24) is 15.1 Å². The molecular weight excluding hydrogens is 390 g/mol. The molecule has 0 unspecified atom stereocenters. The third-order valence-corrected chi connectivity index (χ3v) is 6.39. The Morgan fingerprint density at radius 3 is 2.23 bits per heavy atom. The van der Waals surface area contributed by atoms with Crippen LogP contribution in [0.25, 0.3) is 0 Å². The van der Waals surface area contributed by atoms with E-state index in [2.05, 4.69) is 29.6 Å². The van der Waals surface area contributed by atoms with Gasteiger partial charge in [-0.3, -0.25) is 9.59 Å². The summed E-state index contributed by atoms with van der Waals surface area (Å²) in [5, 5.41) is 12.9. The first kappa shape index (κ1) is 21.5. The van der Waals surface area contributed by atoms with Crippen molar-refractivity contribution in [2.24, 2.45) is 0 Å². The zero-order chi connectivity index (χ0) is 21.8. The molecule has 4 rings (SSSR count). The fourth-order valence-electron chi connectivity index (χ4n) is 4.65. The number of carbonyl (C=O) groups excluding carboxylic acids is 2. The molecule has 6 heteroatoms. The number of hydrogen-bond donors (Lipinski definition) is 2. The van der Waals surface area contributed by atoms with E-state index in [1.54, 1.807) is 29.2 Å². The Morgan fingerprint density at radius 2 is 1.58 bits per heavy atom. The second kappa shape index (κ2) is 9.62. The van der Waals surface area contributed by atoms with E-state index < -0.39 is 6.10 Å². The van der Waals surface area contributed by atoms with Gasteiger partial charge in [0, 0.05) is 43.9 Å². The summed E-state index contributed by atoms with van der Waals surface area (Å²) in [6.45, 7) is 3.21. The van der Waals surface area contributed by atoms with Gasteiger partial charge in [-0.2, -0.15) is 0 Å². The van der Waals surface area contributed by atoms with E-state index in [1.165, 1.54) is 11.1 Å². The fourth-order valence-corrected chi connectivity index (χ4v) is 4.65. The first-order chi connectivity index (χ1) is 15.0. The predicted octanol–water partition coefficient (Wildman–Crippen LogP) is 2.63. The van der Waals surface area contributed by atoms with Crippen molar-refractivity contribution in [3.63, 3.8) is 0 Å².